The van der Waals surface area contributed by atoms with Crippen molar-refractivity contribution in [2.75, 3.05) is 6.61 Å². The van der Waals surface area contributed by atoms with Crippen molar-refractivity contribution < 1.29 is 17.9 Å². The molecule has 0 amide bonds. The summed E-state index contributed by atoms with van der Waals surface area (Å²) in [4.78, 5) is 4.37. The molecule has 7 heteroatoms. The fourth-order valence-corrected chi connectivity index (χ4v) is 2.36. The minimum absolute atomic E-state index is 0.206. The van der Waals surface area contributed by atoms with E-state index in [4.69, 9.17) is 16.3 Å². The number of halogens is 4. The van der Waals surface area contributed by atoms with Crippen LogP contribution in [-0.4, -0.2) is 22.3 Å². The van der Waals surface area contributed by atoms with E-state index in [0.29, 0.717) is 29.2 Å². The van der Waals surface area contributed by atoms with Crippen LogP contribution in [0, 0.1) is 0 Å². The van der Waals surface area contributed by atoms with Gasteiger partial charge in [0.1, 0.15) is 17.1 Å². The lowest BCUT2D eigenvalue weighted by atomic mass is 10.3. The van der Waals surface area contributed by atoms with Gasteiger partial charge in [0.25, 0.3) is 0 Å². The zero-order chi connectivity index (χ0) is 15.6. The molecule has 0 aliphatic heterocycles. The summed E-state index contributed by atoms with van der Waals surface area (Å²) >= 11 is 6.05. The van der Waals surface area contributed by atoms with E-state index >= 15 is 0 Å². The molecule has 3 nitrogen and oxygen atoms in total. The van der Waals surface area contributed by atoms with Gasteiger partial charge in [0.15, 0.2) is 0 Å². The van der Waals surface area contributed by atoms with Crippen LogP contribution < -0.4 is 4.74 Å². The lowest BCUT2D eigenvalue weighted by Gasteiger charge is -2.12. The Hall–Kier alpha value is -1.43. The fourth-order valence-electron chi connectivity index (χ4n) is 2.19. The lowest BCUT2D eigenvalue weighted by Crippen LogP contribution is -2.14. The van der Waals surface area contributed by atoms with E-state index in [9.17, 15) is 13.2 Å². The van der Waals surface area contributed by atoms with Crippen LogP contribution >= 0.6 is 11.6 Å². The Bertz CT molecular complexity index is 622. The van der Waals surface area contributed by atoms with Gasteiger partial charge in [-0.15, -0.1) is 11.6 Å². The molecular formula is C14H16ClF3N2O. The van der Waals surface area contributed by atoms with Gasteiger partial charge in [-0.2, -0.15) is 13.2 Å². The molecule has 1 aromatic heterocycles. The van der Waals surface area contributed by atoms with Crippen molar-refractivity contribution in [3.63, 3.8) is 0 Å². The molecule has 0 N–H and O–H groups in total. The number of hydrogen-bond donors (Lipinski definition) is 0. The molecule has 0 spiro atoms. The topological polar surface area (TPSA) is 27.1 Å². The summed E-state index contributed by atoms with van der Waals surface area (Å²) in [6.07, 6.45) is -5.14. The Morgan fingerprint density at radius 3 is 2.67 bits per heavy atom. The molecule has 0 radical (unpaired) electrons. The SMILES string of the molecule is CCOc1cccc2c1nc(C(C)Cl)n2CCC(F)(F)F. The first-order chi connectivity index (χ1) is 9.83. The molecule has 1 unspecified atom stereocenters. The Morgan fingerprint density at radius 2 is 2.10 bits per heavy atom. The third-order valence-corrected chi connectivity index (χ3v) is 3.24. The number of rotatable bonds is 5. The van der Waals surface area contributed by atoms with Crippen molar-refractivity contribution >= 4 is 22.6 Å². The van der Waals surface area contributed by atoms with Crippen molar-refractivity contribution in [3.8, 4) is 5.75 Å². The van der Waals surface area contributed by atoms with E-state index in [1.807, 2.05) is 6.92 Å². The minimum Gasteiger partial charge on any atom is -0.492 e. The van der Waals surface area contributed by atoms with Crippen LogP contribution in [0.2, 0.25) is 0 Å². The number of imidazole rings is 1. The van der Waals surface area contributed by atoms with Crippen LogP contribution in [0.3, 0.4) is 0 Å². The molecule has 1 aromatic carbocycles. The van der Waals surface area contributed by atoms with Gasteiger partial charge in [-0.05, 0) is 26.0 Å². The van der Waals surface area contributed by atoms with Crippen molar-refractivity contribution in [2.45, 2.75) is 38.4 Å². The van der Waals surface area contributed by atoms with Crippen molar-refractivity contribution in [1.82, 2.24) is 9.55 Å². The third kappa shape index (κ3) is 3.61. The van der Waals surface area contributed by atoms with E-state index in [1.165, 1.54) is 4.57 Å². The number of aryl methyl sites for hydroxylation is 1. The van der Waals surface area contributed by atoms with Gasteiger partial charge >= 0.3 is 6.18 Å². The standard InChI is InChI=1S/C14H16ClF3N2O/c1-3-21-11-6-4-5-10-12(11)19-13(9(2)15)20(10)8-7-14(16,17)18/h4-6,9H,3,7-8H2,1-2H3. The summed E-state index contributed by atoms with van der Waals surface area (Å²) in [5, 5.41) is -0.486. The highest BCUT2D eigenvalue weighted by molar-refractivity contribution is 6.20. The van der Waals surface area contributed by atoms with E-state index in [-0.39, 0.29) is 6.54 Å². The van der Waals surface area contributed by atoms with Crippen molar-refractivity contribution in [3.05, 3.63) is 24.0 Å². The van der Waals surface area contributed by atoms with Crippen molar-refractivity contribution in [1.29, 1.82) is 0 Å². The number of para-hydroxylation sites is 1. The van der Waals surface area contributed by atoms with Gasteiger partial charge in [-0.25, -0.2) is 4.98 Å². The van der Waals surface area contributed by atoms with Gasteiger partial charge in [0.2, 0.25) is 0 Å². The van der Waals surface area contributed by atoms with Crippen molar-refractivity contribution in [2.24, 2.45) is 0 Å². The van der Waals surface area contributed by atoms with E-state index < -0.39 is 18.0 Å². The molecule has 116 valence electrons. The second-order valence-electron chi connectivity index (χ2n) is 4.66. The smallest absolute Gasteiger partial charge is 0.390 e. The van der Waals surface area contributed by atoms with Crippen LogP contribution in [0.15, 0.2) is 18.2 Å². The molecule has 1 atom stereocenters. The number of benzene rings is 1. The lowest BCUT2D eigenvalue weighted by molar-refractivity contribution is -0.136. The average Bonchev–Trinajstić information content (AvgIpc) is 2.76. The molecule has 1 heterocycles. The van der Waals surface area contributed by atoms with E-state index in [1.54, 1.807) is 25.1 Å². The average molecular weight is 321 g/mol. The second-order valence-corrected chi connectivity index (χ2v) is 5.31. The summed E-state index contributed by atoms with van der Waals surface area (Å²) in [6, 6.07) is 5.21. The normalized spacial score (nSPS) is 13.6. The van der Waals surface area contributed by atoms with Gasteiger partial charge in [-0.1, -0.05) is 6.07 Å². The molecular weight excluding hydrogens is 305 g/mol. The molecule has 2 aromatic rings. The van der Waals surface area contributed by atoms with E-state index in [2.05, 4.69) is 4.98 Å². The maximum absolute atomic E-state index is 12.5. The Morgan fingerprint density at radius 1 is 1.38 bits per heavy atom. The summed E-state index contributed by atoms with van der Waals surface area (Å²) in [6.45, 7) is 3.78. The molecule has 21 heavy (non-hydrogen) atoms. The summed E-state index contributed by atoms with van der Waals surface area (Å²) in [7, 11) is 0. The predicted octanol–water partition coefficient (Wildman–Crippen LogP) is 4.69. The Balaban J connectivity index is 2.50. The maximum Gasteiger partial charge on any atom is 0.390 e. The third-order valence-electron chi connectivity index (χ3n) is 3.05. The van der Waals surface area contributed by atoms with Crippen LogP contribution in [0.1, 0.15) is 31.5 Å². The van der Waals surface area contributed by atoms with Crippen LogP contribution in [0.25, 0.3) is 11.0 Å². The summed E-state index contributed by atoms with van der Waals surface area (Å²) in [5.41, 5.74) is 1.15. The molecule has 0 aliphatic rings. The fraction of sp³-hybridized carbons (Fsp3) is 0.500. The quantitative estimate of drug-likeness (QED) is 0.747. The van der Waals surface area contributed by atoms with Gasteiger partial charge in [0.05, 0.1) is 23.9 Å². The molecule has 0 aliphatic carbocycles. The number of alkyl halides is 4. The number of aromatic nitrogens is 2. The predicted molar refractivity (Wildman–Crippen MR) is 75.8 cm³/mol. The molecule has 2 rings (SSSR count). The highest BCUT2D eigenvalue weighted by Crippen LogP contribution is 2.31. The Labute approximate surface area is 125 Å². The first-order valence-electron chi connectivity index (χ1n) is 6.66. The molecule has 0 bridgehead atoms. The maximum atomic E-state index is 12.5. The molecule has 0 saturated carbocycles. The first-order valence-corrected chi connectivity index (χ1v) is 7.10. The van der Waals surface area contributed by atoms with Crippen LogP contribution in [0.5, 0.6) is 5.75 Å². The number of hydrogen-bond acceptors (Lipinski definition) is 2. The minimum atomic E-state index is -4.22. The second kappa shape index (κ2) is 6.13. The van der Waals surface area contributed by atoms with Gasteiger partial charge < -0.3 is 9.30 Å². The highest BCUT2D eigenvalue weighted by atomic mass is 35.5. The summed E-state index contributed by atoms with van der Waals surface area (Å²) in [5.74, 6) is 0.974. The van der Waals surface area contributed by atoms with Gasteiger partial charge in [-0.3, -0.25) is 0 Å². The highest BCUT2D eigenvalue weighted by Gasteiger charge is 2.28. The zero-order valence-electron chi connectivity index (χ0n) is 11.7. The first kappa shape index (κ1) is 15.9. The molecule has 0 fully saturated rings. The van der Waals surface area contributed by atoms with Gasteiger partial charge in [0, 0.05) is 6.54 Å². The van der Waals surface area contributed by atoms with E-state index in [0.717, 1.165) is 0 Å². The monoisotopic (exact) mass is 320 g/mol. The zero-order valence-corrected chi connectivity index (χ0v) is 12.5. The van der Waals surface area contributed by atoms with Crippen LogP contribution in [0.4, 0.5) is 13.2 Å². The number of nitrogens with zero attached hydrogens (tertiary/aromatic N) is 2. The number of fused-ring (bicyclic) bond motifs is 1. The Kier molecular flexibility index (Phi) is 4.66. The number of ether oxygens (including phenoxy) is 1. The largest absolute Gasteiger partial charge is 0.492 e. The summed E-state index contributed by atoms with van der Waals surface area (Å²) < 4.78 is 44.5. The molecule has 0 saturated heterocycles. The van der Waals surface area contributed by atoms with Crippen LogP contribution in [-0.2, 0) is 6.54 Å².